The van der Waals surface area contributed by atoms with Gasteiger partial charge in [0.05, 0.1) is 6.54 Å². The molecule has 1 amide bonds. The fraction of sp³-hybridized carbons (Fsp3) is 0.917. The molecule has 1 saturated carbocycles. The lowest BCUT2D eigenvalue weighted by molar-refractivity contribution is -0.124. The lowest BCUT2D eigenvalue weighted by Gasteiger charge is -2.38. The van der Waals surface area contributed by atoms with Gasteiger partial charge in [-0.25, -0.2) is 0 Å². The van der Waals surface area contributed by atoms with Gasteiger partial charge in [0.25, 0.3) is 0 Å². The zero-order chi connectivity index (χ0) is 10.8. The summed E-state index contributed by atoms with van der Waals surface area (Å²) in [6.45, 7) is 5.07. The highest BCUT2D eigenvalue weighted by molar-refractivity contribution is 5.78. The average molecular weight is 210 g/mol. The monoisotopic (exact) mass is 210 g/mol. The summed E-state index contributed by atoms with van der Waals surface area (Å²) >= 11 is 0. The molecule has 0 aromatic rings. The number of hydrogen-bond donors (Lipinski definition) is 1. The van der Waals surface area contributed by atoms with Crippen LogP contribution in [0.15, 0.2) is 0 Å². The molecule has 2 rings (SSSR count). The third-order valence-corrected chi connectivity index (χ3v) is 3.64. The van der Waals surface area contributed by atoms with Crippen LogP contribution < -0.4 is 5.32 Å². The second-order valence-corrected chi connectivity index (χ2v) is 5.14. The third kappa shape index (κ3) is 2.94. The van der Waals surface area contributed by atoms with E-state index in [1.54, 1.807) is 0 Å². The molecule has 1 N–H and O–H groups in total. The molecule has 2 atom stereocenters. The van der Waals surface area contributed by atoms with E-state index >= 15 is 0 Å². The van der Waals surface area contributed by atoms with Crippen LogP contribution in [-0.4, -0.2) is 35.5 Å². The van der Waals surface area contributed by atoms with Crippen molar-refractivity contribution in [2.24, 2.45) is 0 Å². The minimum atomic E-state index is 0.220. The number of amides is 1. The van der Waals surface area contributed by atoms with Crippen molar-refractivity contribution in [3.05, 3.63) is 0 Å². The van der Waals surface area contributed by atoms with Gasteiger partial charge in [0.15, 0.2) is 0 Å². The molecule has 2 aliphatic rings. The third-order valence-electron chi connectivity index (χ3n) is 3.64. The topological polar surface area (TPSA) is 32.3 Å². The molecule has 2 unspecified atom stereocenters. The molecule has 1 heterocycles. The summed E-state index contributed by atoms with van der Waals surface area (Å²) in [6.07, 6.45) is 6.14. The normalized spacial score (nSPS) is 32.7. The standard InChI is InChI=1S/C12H22N2O/c1-9-4-3-5-10(2)14(9)8-12(15)13-11-6-7-11/h9-11H,3-8H2,1-2H3,(H,13,15). The maximum Gasteiger partial charge on any atom is 0.234 e. The Bertz CT molecular complexity index is 228. The Morgan fingerprint density at radius 3 is 2.33 bits per heavy atom. The maximum absolute atomic E-state index is 11.7. The minimum absolute atomic E-state index is 0.220. The first-order valence-electron chi connectivity index (χ1n) is 6.22. The van der Waals surface area contributed by atoms with Crippen LogP contribution in [0.2, 0.25) is 0 Å². The highest BCUT2D eigenvalue weighted by Crippen LogP contribution is 2.22. The van der Waals surface area contributed by atoms with Crippen molar-refractivity contribution >= 4 is 5.91 Å². The van der Waals surface area contributed by atoms with E-state index in [2.05, 4.69) is 24.1 Å². The summed E-state index contributed by atoms with van der Waals surface area (Å²) in [5.74, 6) is 0.220. The predicted octanol–water partition coefficient (Wildman–Crippen LogP) is 1.53. The molecule has 86 valence electrons. The first-order chi connectivity index (χ1) is 7.16. The minimum Gasteiger partial charge on any atom is -0.352 e. The van der Waals surface area contributed by atoms with Crippen molar-refractivity contribution in [2.75, 3.05) is 6.54 Å². The number of nitrogens with one attached hydrogen (secondary N) is 1. The van der Waals surface area contributed by atoms with Crippen LogP contribution in [0.4, 0.5) is 0 Å². The number of carbonyl (C=O) groups is 1. The van der Waals surface area contributed by atoms with Gasteiger partial charge in [-0.05, 0) is 39.5 Å². The van der Waals surface area contributed by atoms with E-state index in [1.807, 2.05) is 0 Å². The molecule has 15 heavy (non-hydrogen) atoms. The largest absolute Gasteiger partial charge is 0.352 e. The smallest absolute Gasteiger partial charge is 0.234 e. The molecule has 0 bridgehead atoms. The number of rotatable bonds is 3. The van der Waals surface area contributed by atoms with Crippen LogP contribution in [0.3, 0.4) is 0 Å². The second-order valence-electron chi connectivity index (χ2n) is 5.14. The van der Waals surface area contributed by atoms with Crippen molar-refractivity contribution < 1.29 is 4.79 Å². The molecule has 0 aromatic carbocycles. The van der Waals surface area contributed by atoms with Crippen molar-refractivity contribution in [1.82, 2.24) is 10.2 Å². The number of nitrogens with zero attached hydrogens (tertiary/aromatic N) is 1. The van der Waals surface area contributed by atoms with Gasteiger partial charge in [0.2, 0.25) is 5.91 Å². The Labute approximate surface area is 92.2 Å². The molecule has 2 fully saturated rings. The number of hydrogen-bond acceptors (Lipinski definition) is 2. The lowest BCUT2D eigenvalue weighted by Crippen LogP contribution is -2.49. The molecule has 1 aliphatic carbocycles. The summed E-state index contributed by atoms with van der Waals surface area (Å²) in [5.41, 5.74) is 0. The second kappa shape index (κ2) is 4.52. The molecule has 1 saturated heterocycles. The molecule has 3 heteroatoms. The van der Waals surface area contributed by atoms with Gasteiger partial charge in [-0.2, -0.15) is 0 Å². The Morgan fingerprint density at radius 2 is 1.80 bits per heavy atom. The van der Waals surface area contributed by atoms with Crippen LogP contribution in [0.5, 0.6) is 0 Å². The van der Waals surface area contributed by atoms with Crippen LogP contribution >= 0.6 is 0 Å². The van der Waals surface area contributed by atoms with E-state index in [-0.39, 0.29) is 5.91 Å². The molecule has 0 aromatic heterocycles. The van der Waals surface area contributed by atoms with Gasteiger partial charge in [0, 0.05) is 18.1 Å². The van der Waals surface area contributed by atoms with Crippen molar-refractivity contribution in [3.63, 3.8) is 0 Å². The van der Waals surface area contributed by atoms with Gasteiger partial charge in [-0.15, -0.1) is 0 Å². The summed E-state index contributed by atoms with van der Waals surface area (Å²) in [7, 11) is 0. The van der Waals surface area contributed by atoms with Crippen LogP contribution in [0.25, 0.3) is 0 Å². The Kier molecular flexibility index (Phi) is 3.29. The Hall–Kier alpha value is -0.570. The van der Waals surface area contributed by atoms with E-state index in [4.69, 9.17) is 0 Å². The first-order valence-corrected chi connectivity index (χ1v) is 6.22. The Balaban J connectivity index is 1.81. The van der Waals surface area contributed by atoms with E-state index in [0.717, 1.165) is 0 Å². The first kappa shape index (κ1) is 10.9. The van der Waals surface area contributed by atoms with Gasteiger partial charge < -0.3 is 5.32 Å². The SMILES string of the molecule is CC1CCCC(C)N1CC(=O)NC1CC1. The van der Waals surface area contributed by atoms with Crippen molar-refractivity contribution in [1.29, 1.82) is 0 Å². The zero-order valence-electron chi connectivity index (χ0n) is 9.83. The fourth-order valence-corrected chi connectivity index (χ4v) is 2.45. The molecule has 0 spiro atoms. The zero-order valence-corrected chi connectivity index (χ0v) is 9.83. The van der Waals surface area contributed by atoms with Crippen LogP contribution in [-0.2, 0) is 4.79 Å². The maximum atomic E-state index is 11.7. The summed E-state index contributed by atoms with van der Waals surface area (Å²) in [6, 6.07) is 1.63. The van der Waals surface area contributed by atoms with Gasteiger partial charge >= 0.3 is 0 Å². The molecule has 0 radical (unpaired) electrons. The van der Waals surface area contributed by atoms with E-state index in [0.29, 0.717) is 24.7 Å². The average Bonchev–Trinajstić information content (AvgIpc) is 2.95. The van der Waals surface area contributed by atoms with E-state index in [9.17, 15) is 4.79 Å². The molecular weight excluding hydrogens is 188 g/mol. The Morgan fingerprint density at radius 1 is 1.20 bits per heavy atom. The predicted molar refractivity (Wildman–Crippen MR) is 60.6 cm³/mol. The highest BCUT2D eigenvalue weighted by Gasteiger charge is 2.28. The van der Waals surface area contributed by atoms with Gasteiger partial charge in [-0.1, -0.05) is 6.42 Å². The van der Waals surface area contributed by atoms with E-state index < -0.39 is 0 Å². The quantitative estimate of drug-likeness (QED) is 0.766. The lowest BCUT2D eigenvalue weighted by atomic mass is 9.97. The molecular formula is C12H22N2O. The number of piperidine rings is 1. The summed E-state index contributed by atoms with van der Waals surface area (Å²) in [5, 5.41) is 3.06. The molecule has 3 nitrogen and oxygen atoms in total. The molecule has 1 aliphatic heterocycles. The van der Waals surface area contributed by atoms with Gasteiger partial charge in [-0.3, -0.25) is 9.69 Å². The van der Waals surface area contributed by atoms with Crippen LogP contribution in [0, 0.1) is 0 Å². The van der Waals surface area contributed by atoms with Gasteiger partial charge in [0.1, 0.15) is 0 Å². The van der Waals surface area contributed by atoms with Crippen molar-refractivity contribution in [2.45, 2.75) is 64.1 Å². The number of likely N-dealkylation sites (tertiary alicyclic amines) is 1. The van der Waals surface area contributed by atoms with Crippen molar-refractivity contribution in [3.8, 4) is 0 Å². The highest BCUT2D eigenvalue weighted by atomic mass is 16.2. The van der Waals surface area contributed by atoms with Crippen LogP contribution in [0.1, 0.15) is 46.0 Å². The summed E-state index contributed by atoms with van der Waals surface area (Å²) in [4.78, 5) is 14.0. The van der Waals surface area contributed by atoms with E-state index in [1.165, 1.54) is 32.1 Å². The summed E-state index contributed by atoms with van der Waals surface area (Å²) < 4.78 is 0. The fourth-order valence-electron chi connectivity index (χ4n) is 2.45. The number of carbonyl (C=O) groups excluding carboxylic acids is 1.